The first kappa shape index (κ1) is 24.7. The van der Waals surface area contributed by atoms with Crippen LogP contribution in [0.4, 0.5) is 0 Å². The molecular formula is C34H22O6. The van der Waals surface area contributed by atoms with Crippen LogP contribution in [0.3, 0.4) is 0 Å². The highest BCUT2D eigenvalue weighted by Crippen LogP contribution is 2.49. The predicted molar refractivity (Wildman–Crippen MR) is 155 cm³/mol. The molecule has 6 rings (SSSR count). The minimum Gasteiger partial charge on any atom is -0.507 e. The summed E-state index contributed by atoms with van der Waals surface area (Å²) in [5.41, 5.74) is 4.24. The van der Waals surface area contributed by atoms with Crippen molar-refractivity contribution in [1.82, 2.24) is 0 Å². The van der Waals surface area contributed by atoms with Gasteiger partial charge in [0, 0.05) is 11.1 Å². The molecule has 6 aromatic carbocycles. The Morgan fingerprint density at radius 2 is 0.775 bits per heavy atom. The summed E-state index contributed by atoms with van der Waals surface area (Å²) in [5.74, 6) is -2.10. The fourth-order valence-corrected chi connectivity index (χ4v) is 5.31. The number of rotatable bonds is 5. The first-order chi connectivity index (χ1) is 19.3. The molecule has 6 heteroatoms. The molecule has 0 fully saturated rings. The standard InChI is InChI=1S/C34H22O6/c35-29-17-27(19-9-13-21(14-10-19)33(37)38)23-5-1-3-7-25(23)31(29)32-26-8-4-2-6-24(26)28(18-30(32)36)20-11-15-22(16-12-20)34(39)40/h1-18,35-36H,(H,37,38)(H,39,40). The van der Waals surface area contributed by atoms with Crippen LogP contribution >= 0.6 is 0 Å². The maximum Gasteiger partial charge on any atom is 0.335 e. The quantitative estimate of drug-likeness (QED) is 0.182. The van der Waals surface area contributed by atoms with Gasteiger partial charge in [0.25, 0.3) is 0 Å². The van der Waals surface area contributed by atoms with E-state index in [0.717, 1.165) is 43.8 Å². The minimum absolute atomic E-state index is 0.0324. The van der Waals surface area contributed by atoms with Crippen LogP contribution in [0.1, 0.15) is 20.7 Å². The van der Waals surface area contributed by atoms with Gasteiger partial charge in [-0.2, -0.15) is 0 Å². The molecule has 194 valence electrons. The second-order valence-electron chi connectivity index (χ2n) is 9.49. The summed E-state index contributed by atoms with van der Waals surface area (Å²) in [5, 5.41) is 44.5. The lowest BCUT2D eigenvalue weighted by atomic mass is 9.86. The Morgan fingerprint density at radius 3 is 1.10 bits per heavy atom. The normalized spacial score (nSPS) is 11.1. The molecule has 0 bridgehead atoms. The van der Waals surface area contributed by atoms with Crippen LogP contribution in [-0.2, 0) is 0 Å². The number of aromatic hydroxyl groups is 2. The van der Waals surface area contributed by atoms with Gasteiger partial charge in [-0.1, -0.05) is 72.8 Å². The number of hydrogen-bond acceptors (Lipinski definition) is 4. The number of carboxylic acids is 2. The number of hydrogen-bond donors (Lipinski definition) is 4. The van der Waals surface area contributed by atoms with Gasteiger partial charge in [-0.25, -0.2) is 9.59 Å². The van der Waals surface area contributed by atoms with Crippen LogP contribution in [0.2, 0.25) is 0 Å². The SMILES string of the molecule is O=C(O)c1ccc(-c2cc(O)c(-c3c(O)cc(-c4ccc(C(=O)O)cc4)c4ccccc34)c3ccccc23)cc1. The molecule has 0 radical (unpaired) electrons. The van der Waals surface area contributed by atoms with E-state index < -0.39 is 11.9 Å². The average Bonchev–Trinajstić information content (AvgIpc) is 2.97. The Bertz CT molecular complexity index is 1810. The molecular weight excluding hydrogens is 504 g/mol. The molecule has 4 N–H and O–H groups in total. The van der Waals surface area contributed by atoms with Crippen LogP contribution in [-0.4, -0.2) is 32.4 Å². The van der Waals surface area contributed by atoms with Gasteiger partial charge in [-0.15, -0.1) is 0 Å². The predicted octanol–water partition coefficient (Wildman–Crippen LogP) is 7.80. The van der Waals surface area contributed by atoms with E-state index in [0.29, 0.717) is 11.1 Å². The molecule has 6 nitrogen and oxygen atoms in total. The van der Waals surface area contributed by atoms with Gasteiger partial charge >= 0.3 is 11.9 Å². The monoisotopic (exact) mass is 526 g/mol. The second kappa shape index (κ2) is 9.60. The van der Waals surface area contributed by atoms with Crippen molar-refractivity contribution >= 4 is 33.5 Å². The van der Waals surface area contributed by atoms with E-state index in [1.165, 1.54) is 24.3 Å². The van der Waals surface area contributed by atoms with Crippen molar-refractivity contribution in [2.75, 3.05) is 0 Å². The van der Waals surface area contributed by atoms with Gasteiger partial charge in [0.2, 0.25) is 0 Å². The lowest BCUT2D eigenvalue weighted by Gasteiger charge is -2.19. The van der Waals surface area contributed by atoms with Crippen molar-refractivity contribution in [3.63, 3.8) is 0 Å². The Hall–Kier alpha value is -5.62. The number of benzene rings is 6. The summed E-state index contributed by atoms with van der Waals surface area (Å²) in [7, 11) is 0. The van der Waals surface area contributed by atoms with Crippen LogP contribution in [0, 0.1) is 0 Å². The first-order valence-electron chi connectivity index (χ1n) is 12.5. The van der Waals surface area contributed by atoms with E-state index in [-0.39, 0.29) is 22.6 Å². The number of fused-ring (bicyclic) bond motifs is 2. The topological polar surface area (TPSA) is 115 Å². The third-order valence-corrected chi connectivity index (χ3v) is 7.18. The van der Waals surface area contributed by atoms with Crippen molar-refractivity contribution in [2.24, 2.45) is 0 Å². The van der Waals surface area contributed by atoms with Crippen molar-refractivity contribution in [3.05, 3.63) is 120 Å². The van der Waals surface area contributed by atoms with E-state index in [1.807, 2.05) is 48.5 Å². The van der Waals surface area contributed by atoms with E-state index in [2.05, 4.69) is 0 Å². The number of phenolic OH excluding ortho intramolecular Hbond substituents is 2. The molecule has 0 aliphatic rings. The van der Waals surface area contributed by atoms with Crippen LogP contribution in [0.5, 0.6) is 11.5 Å². The summed E-state index contributed by atoms with van der Waals surface area (Å²) >= 11 is 0. The van der Waals surface area contributed by atoms with Crippen LogP contribution < -0.4 is 0 Å². The number of carbonyl (C=O) groups is 2. The number of carboxylic acid groups (broad SMARTS) is 2. The summed E-state index contributed by atoms with van der Waals surface area (Å²) in [6, 6.07) is 31.3. The zero-order valence-electron chi connectivity index (χ0n) is 21.0. The van der Waals surface area contributed by atoms with E-state index >= 15 is 0 Å². The van der Waals surface area contributed by atoms with Crippen molar-refractivity contribution < 1.29 is 30.0 Å². The molecule has 0 saturated heterocycles. The molecule has 0 aliphatic carbocycles. The van der Waals surface area contributed by atoms with Gasteiger partial charge in [0.15, 0.2) is 0 Å². The Labute approximate surface area is 228 Å². The average molecular weight is 527 g/mol. The molecule has 40 heavy (non-hydrogen) atoms. The molecule has 0 aliphatic heterocycles. The molecule has 0 aromatic heterocycles. The fraction of sp³-hybridized carbons (Fsp3) is 0. The Morgan fingerprint density at radius 1 is 0.450 bits per heavy atom. The summed E-state index contributed by atoms with van der Waals surface area (Å²) in [6.07, 6.45) is 0. The molecule has 0 atom stereocenters. The third kappa shape index (κ3) is 4.08. The maximum atomic E-state index is 11.4. The summed E-state index contributed by atoms with van der Waals surface area (Å²) in [6.45, 7) is 0. The first-order valence-corrected chi connectivity index (χ1v) is 12.5. The van der Waals surface area contributed by atoms with Gasteiger partial charge in [-0.3, -0.25) is 0 Å². The smallest absolute Gasteiger partial charge is 0.335 e. The van der Waals surface area contributed by atoms with Gasteiger partial charge in [-0.05, 0) is 80.2 Å². The molecule has 0 unspecified atom stereocenters. The van der Waals surface area contributed by atoms with Crippen molar-refractivity contribution in [2.45, 2.75) is 0 Å². The Kier molecular flexibility index (Phi) is 5.93. The van der Waals surface area contributed by atoms with E-state index in [4.69, 9.17) is 0 Å². The van der Waals surface area contributed by atoms with Crippen molar-refractivity contribution in [3.8, 4) is 44.9 Å². The summed E-state index contributed by atoms with van der Waals surface area (Å²) in [4.78, 5) is 22.6. The number of aromatic carboxylic acids is 2. The largest absolute Gasteiger partial charge is 0.507 e. The highest BCUT2D eigenvalue weighted by molar-refractivity contribution is 6.15. The lowest BCUT2D eigenvalue weighted by molar-refractivity contribution is 0.0686. The highest BCUT2D eigenvalue weighted by Gasteiger charge is 2.21. The maximum absolute atomic E-state index is 11.4. The third-order valence-electron chi connectivity index (χ3n) is 7.18. The molecule has 0 saturated carbocycles. The minimum atomic E-state index is -1.02. The molecule has 0 spiro atoms. The second-order valence-corrected chi connectivity index (χ2v) is 9.49. The lowest BCUT2D eigenvalue weighted by Crippen LogP contribution is -1.96. The Balaban J connectivity index is 1.59. The van der Waals surface area contributed by atoms with Crippen LogP contribution in [0.25, 0.3) is 54.9 Å². The number of phenols is 2. The highest BCUT2D eigenvalue weighted by atomic mass is 16.4. The van der Waals surface area contributed by atoms with E-state index in [1.54, 1.807) is 36.4 Å². The van der Waals surface area contributed by atoms with E-state index in [9.17, 15) is 30.0 Å². The molecule has 6 aromatic rings. The summed E-state index contributed by atoms with van der Waals surface area (Å²) < 4.78 is 0. The zero-order valence-corrected chi connectivity index (χ0v) is 21.0. The van der Waals surface area contributed by atoms with Gasteiger partial charge in [0.1, 0.15) is 11.5 Å². The molecule has 0 heterocycles. The van der Waals surface area contributed by atoms with Crippen LogP contribution in [0.15, 0.2) is 109 Å². The molecule has 0 amide bonds. The van der Waals surface area contributed by atoms with Gasteiger partial charge in [0.05, 0.1) is 11.1 Å². The fourth-order valence-electron chi connectivity index (χ4n) is 5.31. The van der Waals surface area contributed by atoms with Crippen molar-refractivity contribution in [1.29, 1.82) is 0 Å². The zero-order chi connectivity index (χ0) is 28.0. The van der Waals surface area contributed by atoms with Gasteiger partial charge < -0.3 is 20.4 Å².